The van der Waals surface area contributed by atoms with Crippen LogP contribution in [0.1, 0.15) is 23.6 Å². The van der Waals surface area contributed by atoms with Crippen molar-refractivity contribution in [3.05, 3.63) is 88.4 Å². The number of ether oxygens (including phenoxy) is 1. The largest absolute Gasteiger partial charge is 0.491 e. The molecule has 8 heteroatoms. The number of amides is 1. The third-order valence-electron chi connectivity index (χ3n) is 5.46. The molecule has 0 spiro atoms. The summed E-state index contributed by atoms with van der Waals surface area (Å²) >= 11 is 5.94. The second kappa shape index (κ2) is 10.9. The summed E-state index contributed by atoms with van der Waals surface area (Å²) in [5, 5.41) is 3.27. The highest BCUT2D eigenvalue weighted by Gasteiger charge is 2.28. The molecular formula is C26H29ClN2O4S. The van der Waals surface area contributed by atoms with E-state index in [2.05, 4.69) is 5.32 Å². The Bertz CT molecular complexity index is 1260. The minimum atomic E-state index is -4.01. The van der Waals surface area contributed by atoms with E-state index in [0.29, 0.717) is 10.7 Å². The van der Waals surface area contributed by atoms with Crippen LogP contribution in [0.3, 0.4) is 0 Å². The molecule has 0 aliphatic heterocycles. The topological polar surface area (TPSA) is 75.7 Å². The summed E-state index contributed by atoms with van der Waals surface area (Å²) in [6, 6.07) is 18.5. The lowest BCUT2D eigenvalue weighted by Gasteiger charge is -2.26. The zero-order chi connectivity index (χ0) is 24.9. The molecule has 0 saturated carbocycles. The summed E-state index contributed by atoms with van der Waals surface area (Å²) in [7, 11) is -4.01. The van der Waals surface area contributed by atoms with Crippen LogP contribution in [0.2, 0.25) is 5.02 Å². The Balaban J connectivity index is 1.79. The fraction of sp³-hybridized carbons (Fsp3) is 0.269. The number of para-hydroxylation sites is 1. The number of halogens is 1. The van der Waals surface area contributed by atoms with Crippen molar-refractivity contribution in [1.82, 2.24) is 5.32 Å². The van der Waals surface area contributed by atoms with Gasteiger partial charge in [-0.15, -0.1) is 0 Å². The zero-order valence-corrected chi connectivity index (χ0v) is 21.3. The van der Waals surface area contributed by atoms with Crippen LogP contribution in [0.25, 0.3) is 0 Å². The maximum Gasteiger partial charge on any atom is 0.264 e. The Morgan fingerprint density at radius 1 is 0.971 bits per heavy atom. The molecule has 0 aliphatic rings. The van der Waals surface area contributed by atoms with Crippen molar-refractivity contribution in [2.75, 3.05) is 17.5 Å². The predicted octanol–water partition coefficient (Wildman–Crippen LogP) is 5.04. The maximum atomic E-state index is 13.5. The summed E-state index contributed by atoms with van der Waals surface area (Å²) in [4.78, 5) is 13.0. The van der Waals surface area contributed by atoms with Gasteiger partial charge in [0.15, 0.2) is 0 Å². The van der Waals surface area contributed by atoms with Gasteiger partial charge in [-0.1, -0.05) is 35.9 Å². The number of hydrogen-bond acceptors (Lipinski definition) is 4. The molecule has 1 N–H and O–H groups in total. The SMILES string of the molecule is Cc1ccc(N(CC(=O)NC(C)COc2ccccc2C)S(=O)(=O)c2ccc(Cl)cc2)cc1C. The molecule has 0 heterocycles. The molecule has 3 rings (SSSR count). The van der Waals surface area contributed by atoms with Gasteiger partial charge >= 0.3 is 0 Å². The monoisotopic (exact) mass is 500 g/mol. The van der Waals surface area contributed by atoms with E-state index in [1.54, 1.807) is 12.1 Å². The summed E-state index contributed by atoms with van der Waals surface area (Å²) in [5.41, 5.74) is 3.36. The smallest absolute Gasteiger partial charge is 0.264 e. The van der Waals surface area contributed by atoms with E-state index in [0.717, 1.165) is 26.7 Å². The normalized spacial score (nSPS) is 12.1. The van der Waals surface area contributed by atoms with Crippen LogP contribution >= 0.6 is 11.6 Å². The number of nitrogens with one attached hydrogen (secondary N) is 1. The molecule has 0 aromatic heterocycles. The molecule has 0 aliphatic carbocycles. The van der Waals surface area contributed by atoms with Crippen LogP contribution < -0.4 is 14.4 Å². The molecule has 0 radical (unpaired) electrons. The van der Waals surface area contributed by atoms with Crippen molar-refractivity contribution >= 4 is 33.2 Å². The van der Waals surface area contributed by atoms with Crippen LogP contribution in [-0.2, 0) is 14.8 Å². The molecule has 0 bridgehead atoms. The van der Waals surface area contributed by atoms with Crippen molar-refractivity contribution in [2.24, 2.45) is 0 Å². The summed E-state index contributed by atoms with van der Waals surface area (Å²) < 4.78 is 33.9. The van der Waals surface area contributed by atoms with Gasteiger partial charge in [0, 0.05) is 5.02 Å². The molecule has 6 nitrogen and oxygen atoms in total. The minimum absolute atomic E-state index is 0.0545. The maximum absolute atomic E-state index is 13.5. The molecule has 3 aromatic carbocycles. The summed E-state index contributed by atoms with van der Waals surface area (Å²) in [6.07, 6.45) is 0. The van der Waals surface area contributed by atoms with Crippen LogP contribution in [0.5, 0.6) is 5.75 Å². The number of aryl methyl sites for hydroxylation is 3. The Hall–Kier alpha value is -3.03. The molecule has 1 atom stereocenters. The first-order valence-electron chi connectivity index (χ1n) is 10.9. The molecule has 0 fully saturated rings. The average molecular weight is 501 g/mol. The fourth-order valence-corrected chi connectivity index (χ4v) is 4.89. The van der Waals surface area contributed by atoms with E-state index in [-0.39, 0.29) is 24.1 Å². The Labute approximate surface area is 206 Å². The second-order valence-corrected chi connectivity index (χ2v) is 10.6. The van der Waals surface area contributed by atoms with Crippen LogP contribution in [0.4, 0.5) is 5.69 Å². The first-order chi connectivity index (χ1) is 16.1. The van der Waals surface area contributed by atoms with Crippen LogP contribution in [-0.4, -0.2) is 33.5 Å². The lowest BCUT2D eigenvalue weighted by atomic mass is 10.1. The zero-order valence-electron chi connectivity index (χ0n) is 19.7. The highest BCUT2D eigenvalue weighted by molar-refractivity contribution is 7.92. The van der Waals surface area contributed by atoms with Gasteiger partial charge < -0.3 is 10.1 Å². The van der Waals surface area contributed by atoms with E-state index in [1.165, 1.54) is 24.3 Å². The van der Waals surface area contributed by atoms with E-state index in [9.17, 15) is 13.2 Å². The Morgan fingerprint density at radius 3 is 2.29 bits per heavy atom. The predicted molar refractivity (Wildman–Crippen MR) is 136 cm³/mol. The second-order valence-electron chi connectivity index (χ2n) is 8.28. The van der Waals surface area contributed by atoms with E-state index >= 15 is 0 Å². The van der Waals surface area contributed by atoms with E-state index in [1.807, 2.05) is 58.0 Å². The number of rotatable bonds is 9. The molecule has 180 valence electrons. The molecule has 3 aromatic rings. The minimum Gasteiger partial charge on any atom is -0.491 e. The average Bonchev–Trinajstić information content (AvgIpc) is 2.79. The number of hydrogen-bond donors (Lipinski definition) is 1. The van der Waals surface area contributed by atoms with Gasteiger partial charge in [0.1, 0.15) is 18.9 Å². The molecule has 0 saturated heterocycles. The third-order valence-corrected chi connectivity index (χ3v) is 7.50. The quantitative estimate of drug-likeness (QED) is 0.446. The Morgan fingerprint density at radius 2 is 1.65 bits per heavy atom. The number of carbonyl (C=O) groups is 1. The van der Waals surface area contributed by atoms with Crippen molar-refractivity contribution < 1.29 is 17.9 Å². The van der Waals surface area contributed by atoms with Gasteiger partial charge in [0.25, 0.3) is 10.0 Å². The van der Waals surface area contributed by atoms with Crippen molar-refractivity contribution in [3.8, 4) is 5.75 Å². The first-order valence-corrected chi connectivity index (χ1v) is 12.7. The van der Waals surface area contributed by atoms with E-state index in [4.69, 9.17) is 16.3 Å². The lowest BCUT2D eigenvalue weighted by molar-refractivity contribution is -0.120. The van der Waals surface area contributed by atoms with Gasteiger partial charge in [-0.3, -0.25) is 9.10 Å². The lowest BCUT2D eigenvalue weighted by Crippen LogP contribution is -2.45. The number of sulfonamides is 1. The number of carbonyl (C=O) groups excluding carboxylic acids is 1. The summed E-state index contributed by atoms with van der Waals surface area (Å²) in [6.45, 7) is 7.48. The summed E-state index contributed by atoms with van der Waals surface area (Å²) in [5.74, 6) is 0.308. The fourth-order valence-electron chi connectivity index (χ4n) is 3.36. The molecule has 1 amide bonds. The van der Waals surface area contributed by atoms with Gasteiger partial charge in [-0.2, -0.15) is 0 Å². The first kappa shape index (κ1) is 25.6. The van der Waals surface area contributed by atoms with Gasteiger partial charge in [-0.25, -0.2) is 8.42 Å². The highest BCUT2D eigenvalue weighted by atomic mass is 35.5. The standard InChI is InChI=1S/C26H29ClN2O4S/c1-18-9-12-23(15-20(18)3)29(34(31,32)24-13-10-22(27)11-14-24)16-26(30)28-21(4)17-33-25-8-6-5-7-19(25)2/h5-15,21H,16-17H2,1-4H3,(H,28,30). The van der Waals surface area contributed by atoms with Crippen molar-refractivity contribution in [1.29, 1.82) is 0 Å². The number of anilines is 1. The molecular weight excluding hydrogens is 472 g/mol. The van der Waals surface area contributed by atoms with Crippen molar-refractivity contribution in [2.45, 2.75) is 38.6 Å². The van der Waals surface area contributed by atoms with Gasteiger partial charge in [0.05, 0.1) is 16.6 Å². The number of nitrogens with zero attached hydrogens (tertiary/aromatic N) is 1. The van der Waals surface area contributed by atoms with Crippen LogP contribution in [0, 0.1) is 20.8 Å². The van der Waals surface area contributed by atoms with Crippen LogP contribution in [0.15, 0.2) is 71.6 Å². The van der Waals surface area contributed by atoms with Gasteiger partial charge in [0.2, 0.25) is 5.91 Å². The number of benzene rings is 3. The van der Waals surface area contributed by atoms with Gasteiger partial charge in [-0.05, 0) is 86.8 Å². The highest BCUT2D eigenvalue weighted by Crippen LogP contribution is 2.26. The van der Waals surface area contributed by atoms with Crippen molar-refractivity contribution in [3.63, 3.8) is 0 Å². The third kappa shape index (κ3) is 6.30. The Kier molecular flexibility index (Phi) is 8.23. The molecule has 34 heavy (non-hydrogen) atoms. The molecule has 1 unspecified atom stereocenters. The van der Waals surface area contributed by atoms with E-state index < -0.39 is 15.9 Å².